The van der Waals surface area contributed by atoms with Crippen LogP contribution in [0.25, 0.3) is 0 Å². The first kappa shape index (κ1) is 30.8. The minimum Gasteiger partial charge on any atom is -0.493 e. The molecule has 0 aromatic heterocycles. The number of nitrogens with zero attached hydrogens (tertiary/aromatic N) is 1. The van der Waals surface area contributed by atoms with Gasteiger partial charge >= 0.3 is 0 Å². The Labute approximate surface area is 246 Å². The van der Waals surface area contributed by atoms with E-state index >= 15 is 0 Å². The number of halogens is 2. The van der Waals surface area contributed by atoms with Crippen molar-refractivity contribution in [1.29, 1.82) is 0 Å². The third kappa shape index (κ3) is 8.62. The summed E-state index contributed by atoms with van der Waals surface area (Å²) in [5, 5.41) is 7.37. The van der Waals surface area contributed by atoms with E-state index in [1.165, 1.54) is 13.3 Å². The Kier molecular flexibility index (Phi) is 11.6. The highest BCUT2D eigenvalue weighted by molar-refractivity contribution is 9.10. The van der Waals surface area contributed by atoms with E-state index in [-0.39, 0.29) is 12.5 Å². The minimum atomic E-state index is -0.415. The van der Waals surface area contributed by atoms with Gasteiger partial charge in [-0.3, -0.25) is 9.59 Å². The van der Waals surface area contributed by atoms with E-state index in [0.29, 0.717) is 62.5 Å². The highest BCUT2D eigenvalue weighted by atomic mass is 79.9. The van der Waals surface area contributed by atoms with Crippen molar-refractivity contribution in [2.75, 3.05) is 32.2 Å². The Morgan fingerprint density at radius 3 is 2.50 bits per heavy atom. The molecule has 3 aromatic rings. The lowest BCUT2D eigenvalue weighted by Gasteiger charge is -2.15. The molecule has 0 saturated carbocycles. The topological polar surface area (TPSA) is 107 Å². The van der Waals surface area contributed by atoms with Gasteiger partial charge in [-0.05, 0) is 89.8 Å². The number of ether oxygens (including phenoxy) is 4. The number of carbonyl (C=O) groups is 2. The molecule has 212 valence electrons. The van der Waals surface area contributed by atoms with Crippen LogP contribution < -0.4 is 29.7 Å². The van der Waals surface area contributed by atoms with Gasteiger partial charge in [0.1, 0.15) is 0 Å². The number of carbonyl (C=O) groups excluding carboxylic acids is 2. The van der Waals surface area contributed by atoms with Crippen molar-refractivity contribution in [2.45, 2.75) is 27.2 Å². The van der Waals surface area contributed by atoms with E-state index < -0.39 is 5.91 Å². The monoisotopic (exact) mass is 631 g/mol. The number of hydrazone groups is 1. The number of benzene rings is 3. The predicted octanol–water partition coefficient (Wildman–Crippen LogP) is 6.39. The zero-order valence-corrected chi connectivity index (χ0v) is 25.0. The van der Waals surface area contributed by atoms with Crippen LogP contribution >= 0.6 is 27.5 Å². The first-order valence-corrected chi connectivity index (χ1v) is 13.7. The third-order valence-electron chi connectivity index (χ3n) is 5.40. The normalized spacial score (nSPS) is 10.8. The summed E-state index contributed by atoms with van der Waals surface area (Å²) in [6.45, 7) is 6.39. The third-order valence-corrected chi connectivity index (χ3v) is 6.40. The Morgan fingerprint density at radius 2 is 1.80 bits per heavy atom. The smallest absolute Gasteiger partial charge is 0.271 e. The van der Waals surface area contributed by atoms with Crippen molar-refractivity contribution in [1.82, 2.24) is 5.43 Å². The van der Waals surface area contributed by atoms with Crippen LogP contribution in [-0.4, -0.2) is 45.0 Å². The van der Waals surface area contributed by atoms with E-state index in [0.717, 1.165) is 12.0 Å². The van der Waals surface area contributed by atoms with Crippen LogP contribution in [0, 0.1) is 6.92 Å². The molecular weight excluding hydrogens is 602 g/mol. The van der Waals surface area contributed by atoms with Gasteiger partial charge in [0.15, 0.2) is 29.6 Å². The molecule has 40 heavy (non-hydrogen) atoms. The summed E-state index contributed by atoms with van der Waals surface area (Å²) in [6.07, 6.45) is 2.33. The average molecular weight is 633 g/mol. The second-order valence-electron chi connectivity index (χ2n) is 8.48. The zero-order valence-electron chi connectivity index (χ0n) is 22.7. The first-order chi connectivity index (χ1) is 19.2. The summed E-state index contributed by atoms with van der Waals surface area (Å²) in [7, 11) is 1.52. The molecule has 2 N–H and O–H groups in total. The van der Waals surface area contributed by atoms with Crippen molar-refractivity contribution < 1.29 is 28.5 Å². The highest BCUT2D eigenvalue weighted by Gasteiger charge is 2.15. The maximum Gasteiger partial charge on any atom is 0.271 e. The lowest BCUT2D eigenvalue weighted by atomic mass is 10.2. The summed E-state index contributed by atoms with van der Waals surface area (Å²) >= 11 is 9.60. The van der Waals surface area contributed by atoms with E-state index in [4.69, 9.17) is 30.5 Å². The van der Waals surface area contributed by atoms with Crippen LogP contribution in [-0.2, 0) is 4.79 Å². The molecular formula is C29H31BrClN3O6. The van der Waals surface area contributed by atoms with Crippen molar-refractivity contribution in [2.24, 2.45) is 5.10 Å². The van der Waals surface area contributed by atoms with Gasteiger partial charge in [-0.1, -0.05) is 24.6 Å². The van der Waals surface area contributed by atoms with Gasteiger partial charge in [-0.25, -0.2) is 5.43 Å². The average Bonchev–Trinajstić information content (AvgIpc) is 2.93. The Balaban J connectivity index is 1.65. The van der Waals surface area contributed by atoms with Gasteiger partial charge in [0, 0.05) is 16.3 Å². The lowest BCUT2D eigenvalue weighted by Crippen LogP contribution is -2.20. The van der Waals surface area contributed by atoms with Crippen LogP contribution in [0.3, 0.4) is 0 Å². The SMILES string of the molecule is CCCOc1ccc(C(=O)N/N=C/c2cc(Br)c(OCC(=O)Nc3ccc(C)c(Cl)c3)c(OCC)c2)cc1OC. The summed E-state index contributed by atoms with van der Waals surface area (Å²) in [5.74, 6) is 1.02. The van der Waals surface area contributed by atoms with Gasteiger partial charge in [-0.15, -0.1) is 0 Å². The van der Waals surface area contributed by atoms with E-state index in [9.17, 15) is 9.59 Å². The van der Waals surface area contributed by atoms with Crippen molar-refractivity contribution in [3.63, 3.8) is 0 Å². The summed E-state index contributed by atoms with van der Waals surface area (Å²) in [6, 6.07) is 13.6. The fraction of sp³-hybridized carbons (Fsp3) is 0.276. The molecule has 2 amide bonds. The van der Waals surface area contributed by atoms with Gasteiger partial charge in [0.05, 0.1) is 31.0 Å². The molecule has 0 spiro atoms. The largest absolute Gasteiger partial charge is 0.493 e. The fourth-order valence-electron chi connectivity index (χ4n) is 3.44. The molecule has 0 radical (unpaired) electrons. The first-order valence-electron chi connectivity index (χ1n) is 12.5. The molecule has 0 aliphatic heterocycles. The molecule has 0 fully saturated rings. The van der Waals surface area contributed by atoms with E-state index in [2.05, 4.69) is 31.8 Å². The molecule has 0 bridgehead atoms. The number of hydrogen-bond donors (Lipinski definition) is 2. The zero-order chi connectivity index (χ0) is 29.1. The quantitative estimate of drug-likeness (QED) is 0.167. The van der Waals surface area contributed by atoms with Gasteiger partial charge in [0.25, 0.3) is 11.8 Å². The number of nitrogens with one attached hydrogen (secondary N) is 2. The van der Waals surface area contributed by atoms with Crippen molar-refractivity contribution >= 4 is 51.2 Å². The molecule has 0 atom stereocenters. The highest BCUT2D eigenvalue weighted by Crippen LogP contribution is 2.36. The molecule has 3 aromatic carbocycles. The molecule has 0 unspecified atom stereocenters. The number of amides is 2. The van der Waals surface area contributed by atoms with Crippen LogP contribution in [0.2, 0.25) is 5.02 Å². The van der Waals surface area contributed by atoms with E-state index in [1.54, 1.807) is 42.5 Å². The molecule has 9 nitrogen and oxygen atoms in total. The molecule has 0 aliphatic rings. The van der Waals surface area contributed by atoms with Gasteiger partial charge in [-0.2, -0.15) is 5.10 Å². The number of rotatable bonds is 13. The molecule has 0 saturated heterocycles. The van der Waals surface area contributed by atoms with Crippen molar-refractivity contribution in [3.8, 4) is 23.0 Å². The Morgan fingerprint density at radius 1 is 1.00 bits per heavy atom. The Hall–Kier alpha value is -3.76. The van der Waals surface area contributed by atoms with Crippen LogP contribution in [0.5, 0.6) is 23.0 Å². The van der Waals surface area contributed by atoms with Crippen LogP contribution in [0.15, 0.2) is 58.1 Å². The second-order valence-corrected chi connectivity index (χ2v) is 9.74. The van der Waals surface area contributed by atoms with E-state index in [1.807, 2.05) is 26.8 Å². The van der Waals surface area contributed by atoms with Crippen LogP contribution in [0.1, 0.15) is 41.8 Å². The molecule has 11 heteroatoms. The maximum absolute atomic E-state index is 12.6. The second kappa shape index (κ2) is 15.1. The van der Waals surface area contributed by atoms with Gasteiger partial charge < -0.3 is 24.3 Å². The molecule has 0 heterocycles. The summed E-state index contributed by atoms with van der Waals surface area (Å²) < 4.78 is 23.0. The van der Waals surface area contributed by atoms with Crippen LogP contribution in [0.4, 0.5) is 5.69 Å². The number of aryl methyl sites for hydroxylation is 1. The predicted molar refractivity (Wildman–Crippen MR) is 159 cm³/mol. The summed E-state index contributed by atoms with van der Waals surface area (Å²) in [5.41, 5.74) is 4.98. The maximum atomic E-state index is 12.6. The van der Waals surface area contributed by atoms with Gasteiger partial charge in [0.2, 0.25) is 0 Å². The molecule has 0 aliphatic carbocycles. The summed E-state index contributed by atoms with van der Waals surface area (Å²) in [4.78, 5) is 25.1. The fourth-order valence-corrected chi connectivity index (χ4v) is 4.20. The molecule has 3 rings (SSSR count). The standard InChI is InChI=1S/C29H31BrClN3O6/c1-5-11-39-24-10-8-20(14-25(24)37-4)29(36)34-32-16-19-12-22(30)28(26(13-19)38-6-2)40-17-27(35)33-21-9-7-18(3)23(31)15-21/h7-10,12-16H,5-6,11,17H2,1-4H3,(H,33,35)(H,34,36)/b32-16+. The van der Waals surface area contributed by atoms with Crippen molar-refractivity contribution in [3.05, 3.63) is 74.7 Å². The number of methoxy groups -OCH3 is 1. The lowest BCUT2D eigenvalue weighted by molar-refractivity contribution is -0.118. The Bertz CT molecular complexity index is 1380. The number of anilines is 1. The minimum absolute atomic E-state index is 0.251. The number of hydrogen-bond acceptors (Lipinski definition) is 7.